The van der Waals surface area contributed by atoms with Crippen molar-refractivity contribution < 1.29 is 0 Å². The van der Waals surface area contributed by atoms with Gasteiger partial charge in [0.05, 0.1) is 5.71 Å². The first kappa shape index (κ1) is 13.4. The lowest BCUT2D eigenvalue weighted by atomic mass is 10.0. The van der Waals surface area contributed by atoms with Gasteiger partial charge in [0, 0.05) is 24.2 Å². The minimum atomic E-state index is 0.508. The minimum absolute atomic E-state index is 0.508. The second-order valence-electron chi connectivity index (χ2n) is 4.49. The highest BCUT2D eigenvalue weighted by Gasteiger charge is 2.20. The summed E-state index contributed by atoms with van der Waals surface area (Å²) < 4.78 is 0. The summed E-state index contributed by atoms with van der Waals surface area (Å²) in [6.45, 7) is 5.18. The van der Waals surface area contributed by atoms with Gasteiger partial charge < -0.3 is 4.90 Å². The molecule has 1 aromatic heterocycles. The number of thiocarbonyl (C=S) groups is 1. The molecule has 2 heterocycles. The zero-order valence-corrected chi connectivity index (χ0v) is 12.4. The second kappa shape index (κ2) is 6.24. The van der Waals surface area contributed by atoms with Crippen LogP contribution in [0.5, 0.6) is 0 Å². The highest BCUT2D eigenvalue weighted by atomic mass is 32.1. The molecule has 0 amide bonds. The number of thiazole rings is 1. The molecule has 18 heavy (non-hydrogen) atoms. The SMILES string of the molecule is CC(=NNC(=S)N1CCCCC1C)c1nccs1. The molecule has 0 radical (unpaired) electrons. The third-order valence-electron chi connectivity index (χ3n) is 3.12. The molecular formula is C12H18N4S2. The number of nitrogens with zero attached hydrogens (tertiary/aromatic N) is 3. The minimum Gasteiger partial charge on any atom is -0.345 e. The lowest BCUT2D eigenvalue weighted by Gasteiger charge is -2.34. The molecule has 1 aliphatic rings. The van der Waals surface area contributed by atoms with Crippen LogP contribution in [0.3, 0.4) is 0 Å². The van der Waals surface area contributed by atoms with Gasteiger partial charge in [0.15, 0.2) is 5.11 Å². The van der Waals surface area contributed by atoms with Crippen molar-refractivity contribution >= 4 is 34.4 Å². The zero-order chi connectivity index (χ0) is 13.0. The summed E-state index contributed by atoms with van der Waals surface area (Å²) >= 11 is 6.97. The van der Waals surface area contributed by atoms with E-state index in [-0.39, 0.29) is 0 Å². The monoisotopic (exact) mass is 282 g/mol. The van der Waals surface area contributed by atoms with E-state index in [1.807, 2.05) is 12.3 Å². The molecule has 1 aromatic rings. The van der Waals surface area contributed by atoms with Crippen molar-refractivity contribution in [2.45, 2.75) is 39.2 Å². The number of hydrogen-bond acceptors (Lipinski definition) is 4. The highest BCUT2D eigenvalue weighted by Crippen LogP contribution is 2.16. The van der Waals surface area contributed by atoms with Crippen molar-refractivity contribution in [1.82, 2.24) is 15.3 Å². The number of piperidine rings is 1. The molecule has 1 atom stereocenters. The molecular weight excluding hydrogens is 264 g/mol. The fourth-order valence-electron chi connectivity index (χ4n) is 2.05. The number of hydrogen-bond donors (Lipinski definition) is 1. The fraction of sp³-hybridized carbons (Fsp3) is 0.583. The third-order valence-corrected chi connectivity index (χ3v) is 4.33. The van der Waals surface area contributed by atoms with Gasteiger partial charge in [-0.15, -0.1) is 11.3 Å². The van der Waals surface area contributed by atoms with Gasteiger partial charge in [0.2, 0.25) is 0 Å². The summed E-state index contributed by atoms with van der Waals surface area (Å²) in [5.74, 6) is 0. The van der Waals surface area contributed by atoms with Gasteiger partial charge in [-0.25, -0.2) is 4.98 Å². The Morgan fingerprint density at radius 1 is 1.61 bits per heavy atom. The molecule has 6 heteroatoms. The van der Waals surface area contributed by atoms with Gasteiger partial charge in [0.25, 0.3) is 0 Å². The molecule has 0 bridgehead atoms. The zero-order valence-electron chi connectivity index (χ0n) is 10.7. The van der Waals surface area contributed by atoms with Crippen molar-refractivity contribution in [3.05, 3.63) is 16.6 Å². The quantitative estimate of drug-likeness (QED) is 0.514. The molecule has 1 unspecified atom stereocenters. The topological polar surface area (TPSA) is 40.5 Å². The van der Waals surface area contributed by atoms with Gasteiger partial charge in [-0.05, 0) is 45.3 Å². The van der Waals surface area contributed by atoms with Crippen molar-refractivity contribution in [2.75, 3.05) is 6.54 Å². The van der Waals surface area contributed by atoms with Crippen LogP contribution < -0.4 is 5.43 Å². The number of likely N-dealkylation sites (tertiary alicyclic amines) is 1. The van der Waals surface area contributed by atoms with E-state index in [4.69, 9.17) is 12.2 Å². The van der Waals surface area contributed by atoms with Crippen molar-refractivity contribution in [2.24, 2.45) is 5.10 Å². The Morgan fingerprint density at radius 2 is 2.44 bits per heavy atom. The maximum Gasteiger partial charge on any atom is 0.189 e. The van der Waals surface area contributed by atoms with E-state index >= 15 is 0 Å². The van der Waals surface area contributed by atoms with Gasteiger partial charge >= 0.3 is 0 Å². The Kier molecular flexibility index (Phi) is 4.66. The molecule has 0 aromatic carbocycles. The lowest BCUT2D eigenvalue weighted by Crippen LogP contribution is -2.46. The van der Waals surface area contributed by atoms with Crippen LogP contribution in [0.15, 0.2) is 16.7 Å². The fourth-order valence-corrected chi connectivity index (χ4v) is 2.95. The molecule has 98 valence electrons. The summed E-state index contributed by atoms with van der Waals surface area (Å²) in [6, 6.07) is 0.508. The van der Waals surface area contributed by atoms with E-state index < -0.39 is 0 Å². The first-order valence-corrected chi connectivity index (χ1v) is 7.48. The van der Waals surface area contributed by atoms with E-state index in [9.17, 15) is 0 Å². The molecule has 4 nitrogen and oxygen atoms in total. The van der Waals surface area contributed by atoms with E-state index in [2.05, 4.69) is 27.3 Å². The molecule has 0 aliphatic carbocycles. The van der Waals surface area contributed by atoms with Crippen LogP contribution in [0.2, 0.25) is 0 Å². The average molecular weight is 282 g/mol. The van der Waals surface area contributed by atoms with Crippen LogP contribution >= 0.6 is 23.6 Å². The largest absolute Gasteiger partial charge is 0.345 e. The van der Waals surface area contributed by atoms with Crippen molar-refractivity contribution in [3.63, 3.8) is 0 Å². The molecule has 1 aliphatic heterocycles. The van der Waals surface area contributed by atoms with Crippen molar-refractivity contribution in [1.29, 1.82) is 0 Å². The van der Waals surface area contributed by atoms with E-state index in [1.165, 1.54) is 19.3 Å². The number of aromatic nitrogens is 1. The lowest BCUT2D eigenvalue weighted by molar-refractivity contribution is 0.256. The van der Waals surface area contributed by atoms with Crippen LogP contribution in [0, 0.1) is 0 Å². The molecule has 2 rings (SSSR count). The molecule has 0 spiro atoms. The first-order valence-electron chi connectivity index (χ1n) is 6.19. The van der Waals surface area contributed by atoms with Crippen LogP contribution in [0.25, 0.3) is 0 Å². The van der Waals surface area contributed by atoms with Crippen LogP contribution in [0.1, 0.15) is 38.1 Å². The second-order valence-corrected chi connectivity index (χ2v) is 5.77. The van der Waals surface area contributed by atoms with Gasteiger partial charge in [0.1, 0.15) is 5.01 Å². The number of hydrazone groups is 1. The summed E-state index contributed by atoms with van der Waals surface area (Å²) in [5, 5.41) is 7.90. The predicted molar refractivity (Wildman–Crippen MR) is 80.1 cm³/mol. The summed E-state index contributed by atoms with van der Waals surface area (Å²) in [6.07, 6.45) is 5.49. The van der Waals surface area contributed by atoms with E-state index in [1.54, 1.807) is 17.5 Å². The smallest absolute Gasteiger partial charge is 0.189 e. The number of nitrogens with one attached hydrogen (secondary N) is 1. The Hall–Kier alpha value is -1.01. The maximum absolute atomic E-state index is 5.39. The predicted octanol–water partition coefficient (Wildman–Crippen LogP) is 2.62. The molecule has 1 saturated heterocycles. The van der Waals surface area contributed by atoms with Gasteiger partial charge in [-0.3, -0.25) is 5.43 Å². The normalized spacial score (nSPS) is 20.9. The van der Waals surface area contributed by atoms with Crippen LogP contribution in [-0.4, -0.2) is 33.3 Å². The van der Waals surface area contributed by atoms with E-state index in [0.29, 0.717) is 6.04 Å². The average Bonchev–Trinajstić information content (AvgIpc) is 2.90. The van der Waals surface area contributed by atoms with Crippen LogP contribution in [0.4, 0.5) is 0 Å². The molecule has 0 saturated carbocycles. The summed E-state index contributed by atoms with van der Waals surface area (Å²) in [4.78, 5) is 6.43. The Bertz CT molecular complexity index is 427. The summed E-state index contributed by atoms with van der Waals surface area (Å²) in [5.41, 5.74) is 3.86. The highest BCUT2D eigenvalue weighted by molar-refractivity contribution is 7.80. The Labute approximate surface area is 117 Å². The summed E-state index contributed by atoms with van der Waals surface area (Å²) in [7, 11) is 0. The molecule has 1 fully saturated rings. The van der Waals surface area contributed by atoms with Crippen molar-refractivity contribution in [3.8, 4) is 0 Å². The Morgan fingerprint density at radius 3 is 3.11 bits per heavy atom. The number of rotatable bonds is 2. The maximum atomic E-state index is 5.39. The third kappa shape index (κ3) is 3.26. The van der Waals surface area contributed by atoms with E-state index in [0.717, 1.165) is 22.4 Å². The first-order chi connectivity index (χ1) is 8.68. The van der Waals surface area contributed by atoms with Gasteiger partial charge in [-0.1, -0.05) is 0 Å². The standard InChI is InChI=1S/C12H18N4S2/c1-9-5-3-4-7-16(9)12(17)15-14-10(2)11-13-6-8-18-11/h6,8-9H,3-5,7H2,1-2H3,(H,15,17). The Balaban J connectivity index is 1.93. The van der Waals surface area contributed by atoms with Gasteiger partial charge in [-0.2, -0.15) is 5.10 Å². The molecule has 1 N–H and O–H groups in total. The van der Waals surface area contributed by atoms with Crippen LogP contribution in [-0.2, 0) is 0 Å².